The average Bonchev–Trinajstić information content (AvgIpc) is 2.74. The molecule has 0 aliphatic heterocycles. The molecule has 0 amide bonds. The van der Waals surface area contributed by atoms with Crippen molar-refractivity contribution in [2.24, 2.45) is 0 Å². The summed E-state index contributed by atoms with van der Waals surface area (Å²) in [6, 6.07) is 8.42. The molecule has 12 heteroatoms. The Kier molecular flexibility index (Phi) is 8.65. The van der Waals surface area contributed by atoms with Crippen molar-refractivity contribution >= 4 is 33.4 Å². The zero-order valence-corrected chi connectivity index (χ0v) is 18.3. The normalized spacial score (nSPS) is 11.8. The molecule has 0 aliphatic carbocycles. The molecular formula is C20H19ClF3NO6S. The van der Waals surface area contributed by atoms with Crippen LogP contribution in [-0.2, 0) is 25.7 Å². The van der Waals surface area contributed by atoms with E-state index in [9.17, 15) is 31.2 Å². The lowest BCUT2D eigenvalue weighted by atomic mass is 10.1. The van der Waals surface area contributed by atoms with Gasteiger partial charge in [0.15, 0.2) is 12.4 Å². The number of esters is 1. The molecule has 0 atom stereocenters. The number of methoxy groups -OCH3 is 1. The Bertz CT molecular complexity index is 1070. The minimum absolute atomic E-state index is 0.00844. The van der Waals surface area contributed by atoms with Crippen LogP contribution >= 0.6 is 11.6 Å². The van der Waals surface area contributed by atoms with Gasteiger partial charge in [-0.1, -0.05) is 11.6 Å². The second-order valence-electron chi connectivity index (χ2n) is 6.45. The van der Waals surface area contributed by atoms with E-state index in [4.69, 9.17) is 21.1 Å². The first kappa shape index (κ1) is 25.6. The molecule has 2 aromatic rings. The zero-order valence-electron chi connectivity index (χ0n) is 16.7. The van der Waals surface area contributed by atoms with Gasteiger partial charge in [0.05, 0.1) is 22.6 Å². The fourth-order valence-corrected chi connectivity index (χ4v) is 3.81. The minimum atomic E-state index is -4.81. The molecule has 0 bridgehead atoms. The summed E-state index contributed by atoms with van der Waals surface area (Å²) < 4.78 is 75.0. The number of hydrogen-bond acceptors (Lipinski definition) is 6. The molecule has 0 saturated heterocycles. The van der Waals surface area contributed by atoms with Crippen LogP contribution < -0.4 is 9.46 Å². The second-order valence-corrected chi connectivity index (χ2v) is 8.63. The van der Waals surface area contributed by atoms with Crippen LogP contribution in [0.1, 0.15) is 28.8 Å². The van der Waals surface area contributed by atoms with Crippen LogP contribution in [0.4, 0.5) is 13.2 Å². The Labute approximate surface area is 187 Å². The SMILES string of the molecule is COc1ccc(C(=O)COC(=O)CCCNS(=O)(=O)c2ccc(Cl)c(C(F)(F)F)c2)cc1. The number of hydrogen-bond donors (Lipinski definition) is 1. The number of carbonyl (C=O) groups is 2. The Balaban J connectivity index is 1.81. The molecule has 0 saturated carbocycles. The molecule has 1 N–H and O–H groups in total. The van der Waals surface area contributed by atoms with E-state index in [1.165, 1.54) is 19.2 Å². The fraction of sp³-hybridized carbons (Fsp3) is 0.300. The Morgan fingerprint density at radius 1 is 1.09 bits per heavy atom. The van der Waals surface area contributed by atoms with Crippen LogP contribution in [-0.4, -0.2) is 40.4 Å². The summed E-state index contributed by atoms with van der Waals surface area (Å²) in [5, 5.41) is -0.622. The van der Waals surface area contributed by atoms with E-state index < -0.39 is 50.0 Å². The number of benzene rings is 2. The molecule has 0 heterocycles. The van der Waals surface area contributed by atoms with Gasteiger partial charge in [0, 0.05) is 18.5 Å². The molecule has 7 nitrogen and oxygen atoms in total. The van der Waals surface area contributed by atoms with Crippen molar-refractivity contribution in [3.63, 3.8) is 0 Å². The molecule has 0 spiro atoms. The number of Topliss-reactive ketones (excluding diaryl/α,β-unsaturated/α-hetero) is 1. The molecule has 32 heavy (non-hydrogen) atoms. The standard InChI is InChI=1S/C20H19ClF3NO6S/c1-30-14-6-4-13(5-7-14)18(26)12-31-19(27)3-2-10-25-32(28,29)15-8-9-17(21)16(11-15)20(22,23)24/h4-9,11,25H,2-3,10,12H2,1H3. The van der Waals surface area contributed by atoms with E-state index in [0.29, 0.717) is 17.4 Å². The van der Waals surface area contributed by atoms with Gasteiger partial charge in [0.25, 0.3) is 0 Å². The first-order chi connectivity index (χ1) is 14.9. The van der Waals surface area contributed by atoms with Gasteiger partial charge >= 0.3 is 12.1 Å². The molecule has 0 aromatic heterocycles. The lowest BCUT2D eigenvalue weighted by Crippen LogP contribution is -2.26. The molecule has 2 aromatic carbocycles. The van der Waals surface area contributed by atoms with Gasteiger partial charge in [0.2, 0.25) is 10.0 Å². The van der Waals surface area contributed by atoms with Crippen LogP contribution in [0.2, 0.25) is 5.02 Å². The van der Waals surface area contributed by atoms with Gasteiger partial charge in [-0.3, -0.25) is 9.59 Å². The number of halogens is 4. The third-order valence-electron chi connectivity index (χ3n) is 4.18. The zero-order chi connectivity index (χ0) is 23.9. The van der Waals surface area contributed by atoms with Gasteiger partial charge in [-0.05, 0) is 48.9 Å². The number of nitrogens with one attached hydrogen (secondary N) is 1. The van der Waals surface area contributed by atoms with Crippen molar-refractivity contribution in [2.75, 3.05) is 20.3 Å². The predicted octanol–water partition coefficient (Wildman–Crippen LogP) is 3.85. The van der Waals surface area contributed by atoms with E-state index >= 15 is 0 Å². The molecule has 0 aliphatic rings. The Morgan fingerprint density at radius 2 is 1.75 bits per heavy atom. The average molecular weight is 494 g/mol. The topological polar surface area (TPSA) is 98.8 Å². The number of sulfonamides is 1. The van der Waals surface area contributed by atoms with Gasteiger partial charge in [0.1, 0.15) is 5.75 Å². The Hall–Kier alpha value is -2.63. The quantitative estimate of drug-likeness (QED) is 0.306. The summed E-state index contributed by atoms with van der Waals surface area (Å²) in [6.45, 7) is -0.713. The molecule has 0 unspecified atom stereocenters. The van der Waals surface area contributed by atoms with Crippen molar-refractivity contribution in [1.29, 1.82) is 0 Å². The van der Waals surface area contributed by atoms with Gasteiger partial charge in [-0.15, -0.1) is 0 Å². The molecule has 0 fully saturated rings. The van der Waals surface area contributed by atoms with Crippen molar-refractivity contribution in [1.82, 2.24) is 4.72 Å². The monoisotopic (exact) mass is 493 g/mol. The number of ether oxygens (including phenoxy) is 2. The lowest BCUT2D eigenvalue weighted by Gasteiger charge is -2.12. The van der Waals surface area contributed by atoms with Gasteiger partial charge in [-0.25, -0.2) is 13.1 Å². The summed E-state index contributed by atoms with van der Waals surface area (Å²) in [5.41, 5.74) is -0.945. The van der Waals surface area contributed by atoms with Gasteiger partial charge < -0.3 is 9.47 Å². The van der Waals surface area contributed by atoms with Crippen molar-refractivity contribution in [2.45, 2.75) is 23.9 Å². The largest absolute Gasteiger partial charge is 0.497 e. The first-order valence-corrected chi connectivity index (χ1v) is 11.0. The summed E-state index contributed by atoms with van der Waals surface area (Å²) >= 11 is 5.48. The maximum Gasteiger partial charge on any atom is 0.417 e. The molecular weight excluding hydrogens is 475 g/mol. The van der Waals surface area contributed by atoms with Crippen LogP contribution in [0.25, 0.3) is 0 Å². The maximum atomic E-state index is 12.9. The van der Waals surface area contributed by atoms with Gasteiger partial charge in [-0.2, -0.15) is 13.2 Å². The minimum Gasteiger partial charge on any atom is -0.497 e. The summed E-state index contributed by atoms with van der Waals surface area (Å²) in [6.07, 6.45) is -5.00. The van der Waals surface area contributed by atoms with Crippen molar-refractivity contribution in [3.05, 3.63) is 58.6 Å². The summed E-state index contributed by atoms with van der Waals surface area (Å²) in [7, 11) is -2.77. The third kappa shape index (κ3) is 7.21. The van der Waals surface area contributed by atoms with Crippen molar-refractivity contribution in [3.8, 4) is 5.75 Å². The van der Waals surface area contributed by atoms with E-state index in [-0.39, 0.29) is 19.4 Å². The highest BCUT2D eigenvalue weighted by Crippen LogP contribution is 2.35. The molecule has 0 radical (unpaired) electrons. The highest BCUT2D eigenvalue weighted by molar-refractivity contribution is 7.89. The lowest BCUT2D eigenvalue weighted by molar-refractivity contribution is -0.142. The number of ketones is 1. The van der Waals surface area contributed by atoms with Crippen molar-refractivity contribution < 1.29 is 40.7 Å². The van der Waals surface area contributed by atoms with Crippen LogP contribution in [0.5, 0.6) is 5.75 Å². The highest BCUT2D eigenvalue weighted by Gasteiger charge is 2.34. The predicted molar refractivity (Wildman–Crippen MR) is 109 cm³/mol. The van der Waals surface area contributed by atoms with Crippen LogP contribution in [0.15, 0.2) is 47.4 Å². The molecule has 2 rings (SSSR count). The Morgan fingerprint density at radius 3 is 2.34 bits per heavy atom. The number of carbonyl (C=O) groups excluding carboxylic acids is 2. The third-order valence-corrected chi connectivity index (χ3v) is 5.97. The maximum absolute atomic E-state index is 12.9. The fourth-order valence-electron chi connectivity index (χ4n) is 2.49. The highest BCUT2D eigenvalue weighted by atomic mass is 35.5. The van der Waals surface area contributed by atoms with Crippen LogP contribution in [0.3, 0.4) is 0 Å². The van der Waals surface area contributed by atoms with E-state index in [0.717, 1.165) is 12.1 Å². The molecule has 174 valence electrons. The van der Waals surface area contributed by atoms with E-state index in [1.54, 1.807) is 12.1 Å². The summed E-state index contributed by atoms with van der Waals surface area (Å²) in [5.74, 6) is -0.587. The van der Waals surface area contributed by atoms with E-state index in [2.05, 4.69) is 4.72 Å². The summed E-state index contributed by atoms with van der Waals surface area (Å²) in [4.78, 5) is 23.1. The number of alkyl halides is 3. The first-order valence-electron chi connectivity index (χ1n) is 9.13. The number of rotatable bonds is 10. The van der Waals surface area contributed by atoms with Crippen LogP contribution in [0, 0.1) is 0 Å². The van der Waals surface area contributed by atoms with E-state index in [1.807, 2.05) is 0 Å². The second kappa shape index (κ2) is 10.8. The smallest absolute Gasteiger partial charge is 0.417 e.